The van der Waals surface area contributed by atoms with Gasteiger partial charge < -0.3 is 9.47 Å². The van der Waals surface area contributed by atoms with Crippen LogP contribution in [0.3, 0.4) is 0 Å². The van der Waals surface area contributed by atoms with Gasteiger partial charge in [-0.15, -0.1) is 11.3 Å². The minimum absolute atomic E-state index is 0.00357. The maximum atomic E-state index is 12.1. The van der Waals surface area contributed by atoms with Crippen LogP contribution in [0.1, 0.15) is 10.4 Å². The summed E-state index contributed by atoms with van der Waals surface area (Å²) < 4.78 is 33.4. The van der Waals surface area contributed by atoms with E-state index in [1.165, 1.54) is 53.7 Å². The lowest BCUT2D eigenvalue weighted by atomic mass is 10.1. The number of hydrogen-bond acceptors (Lipinski definition) is 8. The number of carbonyl (C=O) groups excluding carboxylic acids is 2. The van der Waals surface area contributed by atoms with Gasteiger partial charge in [-0.2, -0.15) is 8.78 Å². The molecule has 0 spiro atoms. The molecular weight excluding hydrogens is 398 g/mol. The van der Waals surface area contributed by atoms with Crippen LogP contribution in [0.15, 0.2) is 47.1 Å². The molecule has 2 heterocycles. The van der Waals surface area contributed by atoms with Gasteiger partial charge >= 0.3 is 12.6 Å². The molecule has 0 saturated heterocycles. The molecular formula is C17H12F2N2O4S2. The van der Waals surface area contributed by atoms with Gasteiger partial charge in [-0.05, 0) is 35.7 Å². The minimum atomic E-state index is -2.93. The third-order valence-electron chi connectivity index (χ3n) is 3.32. The number of esters is 1. The van der Waals surface area contributed by atoms with E-state index in [0.717, 1.165) is 10.2 Å². The average molecular weight is 410 g/mol. The van der Waals surface area contributed by atoms with Gasteiger partial charge in [0, 0.05) is 10.9 Å². The summed E-state index contributed by atoms with van der Waals surface area (Å²) in [6.07, 6.45) is 1.43. The van der Waals surface area contributed by atoms with Crippen LogP contribution in [0.4, 0.5) is 8.78 Å². The summed E-state index contributed by atoms with van der Waals surface area (Å²) in [6.45, 7) is -3.37. The van der Waals surface area contributed by atoms with E-state index in [1.807, 2.05) is 11.4 Å². The first-order valence-corrected chi connectivity index (χ1v) is 9.44. The molecule has 0 bridgehead atoms. The van der Waals surface area contributed by atoms with Gasteiger partial charge in [0.2, 0.25) is 0 Å². The normalized spacial score (nSPS) is 10.9. The quantitative estimate of drug-likeness (QED) is 0.242. The molecule has 1 aromatic carbocycles. The van der Waals surface area contributed by atoms with Gasteiger partial charge in [0.15, 0.2) is 12.4 Å². The fourth-order valence-corrected chi connectivity index (χ4v) is 3.68. The van der Waals surface area contributed by atoms with E-state index in [0.29, 0.717) is 5.03 Å². The Morgan fingerprint density at radius 1 is 1.15 bits per heavy atom. The molecule has 0 aliphatic rings. The molecule has 0 unspecified atom stereocenters. The van der Waals surface area contributed by atoms with Crippen molar-refractivity contribution in [3.05, 3.63) is 47.6 Å². The van der Waals surface area contributed by atoms with Crippen molar-refractivity contribution in [2.24, 2.45) is 0 Å². The van der Waals surface area contributed by atoms with Crippen LogP contribution in [0.2, 0.25) is 0 Å². The molecule has 2 aromatic heterocycles. The smallest absolute Gasteiger partial charge is 0.387 e. The lowest BCUT2D eigenvalue weighted by Crippen LogP contribution is -2.15. The van der Waals surface area contributed by atoms with Gasteiger partial charge in [-0.25, -0.2) is 9.97 Å². The fraction of sp³-hybridized carbons (Fsp3) is 0.176. The molecule has 27 heavy (non-hydrogen) atoms. The minimum Gasteiger partial charge on any atom is -0.457 e. The highest BCUT2D eigenvalue weighted by atomic mass is 32.2. The lowest BCUT2D eigenvalue weighted by Gasteiger charge is -2.06. The SMILES string of the molecule is O=C(CSc1ncnc2sccc12)OCC(=O)c1ccc(OC(F)F)cc1. The molecule has 0 aliphatic heterocycles. The van der Waals surface area contributed by atoms with Crippen LogP contribution in [0.5, 0.6) is 5.75 Å². The highest BCUT2D eigenvalue weighted by molar-refractivity contribution is 8.00. The number of benzene rings is 1. The van der Waals surface area contributed by atoms with Crippen LogP contribution in [0.25, 0.3) is 10.2 Å². The zero-order valence-corrected chi connectivity index (χ0v) is 15.3. The zero-order valence-electron chi connectivity index (χ0n) is 13.6. The fourth-order valence-electron chi connectivity index (χ4n) is 2.10. The number of Topliss-reactive ketones (excluding diaryl/α,β-unsaturated/α-hetero) is 1. The molecule has 140 valence electrons. The number of nitrogens with zero attached hydrogens (tertiary/aromatic N) is 2. The average Bonchev–Trinajstić information content (AvgIpc) is 3.14. The standard InChI is InChI=1S/C17H12F2N2O4S2/c18-17(19)25-11-3-1-10(2-4-11)13(22)7-24-14(23)8-27-16-12-5-6-26-15(12)20-9-21-16/h1-6,9,17H,7-8H2. The number of halogens is 2. The van der Waals surface area contributed by atoms with Gasteiger partial charge in [-0.1, -0.05) is 11.8 Å². The number of thiophene rings is 1. The zero-order chi connectivity index (χ0) is 19.2. The predicted octanol–water partition coefficient (Wildman–Crippen LogP) is 3.81. The molecule has 0 radical (unpaired) electrons. The summed E-state index contributed by atoms with van der Waals surface area (Å²) in [7, 11) is 0. The Labute approximate surface area is 160 Å². The highest BCUT2D eigenvalue weighted by Crippen LogP contribution is 2.27. The van der Waals surface area contributed by atoms with Crippen molar-refractivity contribution in [1.82, 2.24) is 9.97 Å². The molecule has 0 atom stereocenters. The van der Waals surface area contributed by atoms with E-state index in [1.54, 1.807) is 0 Å². The molecule has 0 saturated carbocycles. The van der Waals surface area contributed by atoms with Gasteiger partial charge in [0.05, 0.1) is 5.75 Å². The summed E-state index contributed by atoms with van der Waals surface area (Å²) in [5, 5.41) is 3.42. The van der Waals surface area contributed by atoms with Crippen molar-refractivity contribution in [2.45, 2.75) is 11.6 Å². The van der Waals surface area contributed by atoms with Crippen molar-refractivity contribution in [2.75, 3.05) is 12.4 Å². The molecule has 6 nitrogen and oxygen atoms in total. The number of alkyl halides is 2. The first-order valence-electron chi connectivity index (χ1n) is 7.57. The van der Waals surface area contributed by atoms with Crippen LogP contribution in [-0.2, 0) is 9.53 Å². The number of ketones is 1. The predicted molar refractivity (Wildman–Crippen MR) is 96.5 cm³/mol. The second-order valence-corrected chi connectivity index (χ2v) is 6.95. The van der Waals surface area contributed by atoms with E-state index in [4.69, 9.17) is 4.74 Å². The number of carbonyl (C=O) groups is 2. The molecule has 3 aromatic rings. The Morgan fingerprint density at radius 2 is 1.93 bits per heavy atom. The van der Waals surface area contributed by atoms with E-state index in [9.17, 15) is 18.4 Å². The maximum absolute atomic E-state index is 12.1. The number of aromatic nitrogens is 2. The van der Waals surface area contributed by atoms with Crippen molar-refractivity contribution < 1.29 is 27.8 Å². The van der Waals surface area contributed by atoms with E-state index >= 15 is 0 Å². The molecule has 0 amide bonds. The third-order valence-corrected chi connectivity index (χ3v) is 5.12. The molecule has 3 rings (SSSR count). The number of rotatable bonds is 8. The van der Waals surface area contributed by atoms with Gasteiger partial charge in [0.1, 0.15) is 21.9 Å². The lowest BCUT2D eigenvalue weighted by molar-refractivity contribution is -0.139. The summed E-state index contributed by atoms with van der Waals surface area (Å²) in [4.78, 5) is 33.0. The molecule has 10 heteroatoms. The van der Waals surface area contributed by atoms with E-state index in [-0.39, 0.29) is 17.1 Å². The van der Waals surface area contributed by atoms with Gasteiger partial charge in [-0.3, -0.25) is 9.59 Å². The monoisotopic (exact) mass is 410 g/mol. The van der Waals surface area contributed by atoms with Crippen molar-refractivity contribution in [3.63, 3.8) is 0 Å². The number of thioether (sulfide) groups is 1. The van der Waals surface area contributed by atoms with E-state index < -0.39 is 25.0 Å². The van der Waals surface area contributed by atoms with Crippen molar-refractivity contribution >= 4 is 45.1 Å². The molecule has 0 aliphatic carbocycles. The van der Waals surface area contributed by atoms with Crippen molar-refractivity contribution in [3.8, 4) is 5.75 Å². The third kappa shape index (κ3) is 5.20. The Morgan fingerprint density at radius 3 is 2.67 bits per heavy atom. The summed E-state index contributed by atoms with van der Waals surface area (Å²) in [5.74, 6) is -1.07. The maximum Gasteiger partial charge on any atom is 0.387 e. The number of fused-ring (bicyclic) bond motifs is 1. The first kappa shape index (κ1) is 19.2. The Balaban J connectivity index is 1.48. The number of ether oxygens (including phenoxy) is 2. The van der Waals surface area contributed by atoms with E-state index in [2.05, 4.69) is 14.7 Å². The number of hydrogen-bond donors (Lipinski definition) is 0. The summed E-state index contributed by atoms with van der Waals surface area (Å²) >= 11 is 2.68. The second kappa shape index (κ2) is 8.87. The first-order chi connectivity index (χ1) is 13.0. The topological polar surface area (TPSA) is 78.4 Å². The molecule has 0 N–H and O–H groups in total. The largest absolute Gasteiger partial charge is 0.457 e. The Bertz CT molecular complexity index is 948. The molecule has 0 fully saturated rings. The van der Waals surface area contributed by atoms with Crippen molar-refractivity contribution in [1.29, 1.82) is 0 Å². The second-order valence-electron chi connectivity index (χ2n) is 5.09. The Kier molecular flexibility index (Phi) is 6.30. The van der Waals surface area contributed by atoms with Crippen LogP contribution < -0.4 is 4.74 Å². The van der Waals surface area contributed by atoms with Crippen LogP contribution in [-0.4, -0.2) is 40.7 Å². The highest BCUT2D eigenvalue weighted by Gasteiger charge is 2.13. The van der Waals surface area contributed by atoms with Crippen LogP contribution >= 0.6 is 23.1 Å². The Hall–Kier alpha value is -2.59. The van der Waals surface area contributed by atoms with Crippen LogP contribution in [0, 0.1) is 0 Å². The summed E-state index contributed by atoms with van der Waals surface area (Å²) in [6, 6.07) is 7.03. The van der Waals surface area contributed by atoms with Gasteiger partial charge in [0.25, 0.3) is 0 Å². The summed E-state index contributed by atoms with van der Waals surface area (Å²) in [5.41, 5.74) is 0.229.